The van der Waals surface area contributed by atoms with Gasteiger partial charge in [0.15, 0.2) is 11.5 Å². The number of aromatic hydroxyl groups is 1. The number of alkyl halides is 1. The molecule has 5 aromatic rings. The number of phenolic OH excluding ortho intramolecular Hbond substituents is 1. The third kappa shape index (κ3) is 5.73. The van der Waals surface area contributed by atoms with Crippen LogP contribution in [0.1, 0.15) is 38.0 Å². The zero-order chi connectivity index (χ0) is 36.1. The predicted octanol–water partition coefficient (Wildman–Crippen LogP) is 5.28. The maximum atomic E-state index is 14.2. The van der Waals surface area contributed by atoms with Crippen LogP contribution in [0.5, 0.6) is 28.7 Å². The average Bonchev–Trinajstić information content (AvgIpc) is 3.97. The summed E-state index contributed by atoms with van der Waals surface area (Å²) in [7, 11) is 4.58. The summed E-state index contributed by atoms with van der Waals surface area (Å²) in [4.78, 5) is 40.3. The SMILES string of the molecule is COc1cc2cc(C(=O)N3CC(CCl)c4c3cc(O)c3[nH]c(C(=O)N5CCc6ccc(OCCN7CCOCC7)cc65)cc43)[nH]c2c(OC)c1OC. The Hall–Kier alpha value is -5.11. The van der Waals surface area contributed by atoms with Crippen LogP contribution in [0, 0.1) is 0 Å². The van der Waals surface area contributed by atoms with E-state index in [4.69, 9.17) is 35.3 Å². The number of amides is 2. The van der Waals surface area contributed by atoms with E-state index in [0.29, 0.717) is 75.0 Å². The Balaban J connectivity index is 1.08. The zero-order valence-corrected chi connectivity index (χ0v) is 30.0. The molecule has 3 aromatic carbocycles. The molecule has 0 radical (unpaired) electrons. The maximum Gasteiger partial charge on any atom is 0.274 e. The largest absolute Gasteiger partial charge is 0.506 e. The molecule has 1 saturated heterocycles. The van der Waals surface area contributed by atoms with Crippen molar-refractivity contribution >= 4 is 56.6 Å². The van der Waals surface area contributed by atoms with Gasteiger partial charge in [0.1, 0.15) is 29.5 Å². The van der Waals surface area contributed by atoms with Gasteiger partial charge in [-0.25, -0.2) is 0 Å². The van der Waals surface area contributed by atoms with Gasteiger partial charge in [-0.1, -0.05) is 6.07 Å². The van der Waals surface area contributed by atoms with E-state index in [1.165, 1.54) is 21.3 Å². The third-order valence-corrected chi connectivity index (χ3v) is 10.7. The molecule has 1 atom stereocenters. The minimum absolute atomic E-state index is 0.0774. The molecule has 3 aliphatic heterocycles. The van der Waals surface area contributed by atoms with E-state index in [2.05, 4.69) is 14.9 Å². The molecule has 0 bridgehead atoms. The van der Waals surface area contributed by atoms with E-state index < -0.39 is 0 Å². The highest BCUT2D eigenvalue weighted by Gasteiger charge is 2.37. The fraction of sp³-hybridized carbons (Fsp3) is 0.368. The van der Waals surface area contributed by atoms with Crippen LogP contribution < -0.4 is 28.7 Å². The lowest BCUT2D eigenvalue weighted by molar-refractivity contribution is 0.0322. The van der Waals surface area contributed by atoms with Gasteiger partial charge in [0.05, 0.1) is 57.0 Å². The summed E-state index contributed by atoms with van der Waals surface area (Å²) in [5.41, 5.74) is 4.84. The highest BCUT2D eigenvalue weighted by molar-refractivity contribution is 6.20. The molecule has 14 heteroatoms. The van der Waals surface area contributed by atoms with Crippen LogP contribution in [0.4, 0.5) is 11.4 Å². The van der Waals surface area contributed by atoms with Crippen LogP contribution in [0.25, 0.3) is 21.8 Å². The first-order chi connectivity index (χ1) is 25.3. The smallest absolute Gasteiger partial charge is 0.274 e. The quantitative estimate of drug-likeness (QED) is 0.164. The Kier molecular flexibility index (Phi) is 9.02. The van der Waals surface area contributed by atoms with E-state index in [9.17, 15) is 14.7 Å². The number of phenols is 1. The lowest BCUT2D eigenvalue weighted by Gasteiger charge is -2.26. The number of fused-ring (bicyclic) bond motifs is 5. The number of benzene rings is 3. The molecular weight excluding hydrogens is 690 g/mol. The van der Waals surface area contributed by atoms with Gasteiger partial charge >= 0.3 is 0 Å². The van der Waals surface area contributed by atoms with Crippen molar-refractivity contribution in [3.05, 3.63) is 65.0 Å². The normalized spacial score (nSPS) is 17.1. The van der Waals surface area contributed by atoms with E-state index in [1.807, 2.05) is 18.2 Å². The number of H-pyrrole nitrogens is 2. The summed E-state index contributed by atoms with van der Waals surface area (Å²) in [6.07, 6.45) is 0.723. The summed E-state index contributed by atoms with van der Waals surface area (Å²) in [5.74, 6) is 1.36. The fourth-order valence-electron chi connectivity index (χ4n) is 7.71. The minimum Gasteiger partial charge on any atom is -0.506 e. The molecule has 2 amide bonds. The number of ether oxygens (including phenoxy) is 5. The molecule has 0 saturated carbocycles. The number of hydrogen-bond donors (Lipinski definition) is 3. The second kappa shape index (κ2) is 13.8. The summed E-state index contributed by atoms with van der Waals surface area (Å²) in [6, 6.07) is 12.7. The van der Waals surface area contributed by atoms with E-state index in [-0.39, 0.29) is 35.9 Å². The minimum atomic E-state index is -0.313. The molecule has 52 heavy (non-hydrogen) atoms. The molecule has 2 aromatic heterocycles. The van der Waals surface area contributed by atoms with Gasteiger partial charge in [0.2, 0.25) is 5.75 Å². The molecule has 1 unspecified atom stereocenters. The molecule has 272 valence electrons. The highest BCUT2D eigenvalue weighted by atomic mass is 35.5. The van der Waals surface area contributed by atoms with Gasteiger partial charge in [-0.2, -0.15) is 0 Å². The van der Waals surface area contributed by atoms with Crippen LogP contribution >= 0.6 is 11.6 Å². The summed E-state index contributed by atoms with van der Waals surface area (Å²) >= 11 is 6.53. The van der Waals surface area contributed by atoms with Gasteiger partial charge in [0, 0.05) is 67.4 Å². The van der Waals surface area contributed by atoms with Crippen molar-refractivity contribution in [2.75, 3.05) is 89.6 Å². The van der Waals surface area contributed by atoms with Crippen LogP contribution in [-0.4, -0.2) is 112 Å². The highest BCUT2D eigenvalue weighted by Crippen LogP contribution is 2.47. The van der Waals surface area contributed by atoms with Crippen molar-refractivity contribution in [1.29, 1.82) is 0 Å². The molecule has 5 heterocycles. The Morgan fingerprint density at radius 1 is 0.885 bits per heavy atom. The Bertz CT molecular complexity index is 2190. The Morgan fingerprint density at radius 2 is 1.63 bits per heavy atom. The second-order valence-electron chi connectivity index (χ2n) is 13.2. The lowest BCUT2D eigenvalue weighted by Crippen LogP contribution is -2.38. The lowest BCUT2D eigenvalue weighted by atomic mass is 9.98. The van der Waals surface area contributed by atoms with Gasteiger partial charge in [0.25, 0.3) is 11.8 Å². The van der Waals surface area contributed by atoms with Crippen molar-refractivity contribution in [2.24, 2.45) is 0 Å². The van der Waals surface area contributed by atoms with Crippen molar-refractivity contribution in [3.8, 4) is 28.7 Å². The molecule has 1 fully saturated rings. The number of carbonyl (C=O) groups excluding carboxylic acids is 2. The average molecular weight is 730 g/mol. The van der Waals surface area contributed by atoms with Crippen molar-refractivity contribution in [3.63, 3.8) is 0 Å². The van der Waals surface area contributed by atoms with Gasteiger partial charge in [-0.05, 0) is 41.8 Å². The Labute approximate surface area is 304 Å². The van der Waals surface area contributed by atoms with Crippen molar-refractivity contribution < 1.29 is 38.4 Å². The number of aromatic amines is 2. The van der Waals surface area contributed by atoms with Crippen molar-refractivity contribution in [2.45, 2.75) is 12.3 Å². The molecule has 13 nitrogen and oxygen atoms in total. The number of nitrogens with one attached hydrogen (secondary N) is 2. The van der Waals surface area contributed by atoms with E-state index >= 15 is 0 Å². The van der Waals surface area contributed by atoms with Crippen LogP contribution in [0.2, 0.25) is 0 Å². The number of aromatic nitrogens is 2. The first-order valence-corrected chi connectivity index (χ1v) is 17.8. The number of methoxy groups -OCH3 is 3. The number of nitrogens with zero attached hydrogens (tertiary/aromatic N) is 3. The molecule has 8 rings (SSSR count). The second-order valence-corrected chi connectivity index (χ2v) is 13.5. The first kappa shape index (κ1) is 34.0. The van der Waals surface area contributed by atoms with Gasteiger partial charge in [-0.15, -0.1) is 11.6 Å². The van der Waals surface area contributed by atoms with Crippen LogP contribution in [-0.2, 0) is 11.2 Å². The monoisotopic (exact) mass is 729 g/mol. The molecule has 3 aliphatic rings. The summed E-state index contributed by atoms with van der Waals surface area (Å²) in [5, 5.41) is 12.6. The molecule has 0 aliphatic carbocycles. The van der Waals surface area contributed by atoms with Crippen molar-refractivity contribution in [1.82, 2.24) is 14.9 Å². The molecule has 3 N–H and O–H groups in total. The maximum absolute atomic E-state index is 14.2. The third-order valence-electron chi connectivity index (χ3n) is 10.3. The number of rotatable bonds is 10. The Morgan fingerprint density at radius 3 is 2.38 bits per heavy atom. The standard InChI is InChI=1S/C38H40ClN5O8/c1-48-31-15-22-14-26(40-33(22)36(50-3)35(31)49-2)38(47)44-20-23(19-39)32-25-17-27(41-34(25)30(45)18-29(32)44)37(46)43-7-6-21-4-5-24(16-28(21)43)52-13-10-42-8-11-51-12-9-42/h4-5,14-18,23,40-41,45H,6-13,19-20H2,1-3H3. The molecule has 0 spiro atoms. The zero-order valence-electron chi connectivity index (χ0n) is 29.2. The van der Waals surface area contributed by atoms with Gasteiger partial charge < -0.3 is 48.6 Å². The number of hydrogen-bond acceptors (Lipinski definition) is 9. The predicted molar refractivity (Wildman–Crippen MR) is 198 cm³/mol. The molecular formula is C38H40ClN5O8. The van der Waals surface area contributed by atoms with E-state index in [1.54, 1.807) is 34.1 Å². The fourth-order valence-corrected chi connectivity index (χ4v) is 7.96. The number of morpholine rings is 1. The summed E-state index contributed by atoms with van der Waals surface area (Å²) in [6.45, 7) is 5.41. The summed E-state index contributed by atoms with van der Waals surface area (Å²) < 4.78 is 28.2. The topological polar surface area (TPSA) is 142 Å². The number of halogens is 1. The van der Waals surface area contributed by atoms with Crippen LogP contribution in [0.3, 0.4) is 0 Å². The van der Waals surface area contributed by atoms with Crippen LogP contribution in [0.15, 0.2) is 42.5 Å². The number of carbonyl (C=O) groups is 2. The van der Waals surface area contributed by atoms with Gasteiger partial charge in [-0.3, -0.25) is 14.5 Å². The number of anilines is 2. The first-order valence-electron chi connectivity index (χ1n) is 17.3. The van der Waals surface area contributed by atoms with E-state index in [0.717, 1.165) is 56.1 Å².